The minimum absolute atomic E-state index is 0. The third-order valence-electron chi connectivity index (χ3n) is 4.31. The summed E-state index contributed by atoms with van der Waals surface area (Å²) >= 11 is 0. The number of aryl methyl sites for hydroxylation is 1. The topological polar surface area (TPSA) is 68.8 Å². The van der Waals surface area contributed by atoms with Crippen molar-refractivity contribution in [3.05, 3.63) is 29.8 Å². The lowest BCUT2D eigenvalue weighted by Crippen LogP contribution is -2.43. The second-order valence-corrected chi connectivity index (χ2v) is 6.47. The fourth-order valence-electron chi connectivity index (χ4n) is 2.57. The summed E-state index contributed by atoms with van der Waals surface area (Å²) in [6.07, 6.45) is 1.38. The number of halogens is 1. The third kappa shape index (κ3) is 10.4. The summed E-state index contributed by atoms with van der Waals surface area (Å²) in [4.78, 5) is 18.3. The van der Waals surface area contributed by atoms with Crippen LogP contribution in [0, 0.1) is 6.92 Å². The number of nitrogens with one attached hydrogen (secondary N) is 3. The van der Waals surface area contributed by atoms with Crippen LogP contribution in [-0.4, -0.2) is 51.1 Å². The first-order valence-corrected chi connectivity index (χ1v) is 9.55. The van der Waals surface area contributed by atoms with E-state index in [4.69, 9.17) is 0 Å². The van der Waals surface area contributed by atoms with Crippen molar-refractivity contribution >= 4 is 41.5 Å². The highest BCUT2D eigenvalue weighted by molar-refractivity contribution is 14.0. The van der Waals surface area contributed by atoms with Gasteiger partial charge in [0.15, 0.2) is 5.96 Å². The van der Waals surface area contributed by atoms with Crippen LogP contribution < -0.4 is 20.9 Å². The molecule has 6 nitrogen and oxygen atoms in total. The molecule has 1 atom stereocenters. The zero-order valence-electron chi connectivity index (χ0n) is 17.3. The molecular weight excluding hydrogens is 453 g/mol. The van der Waals surface area contributed by atoms with E-state index in [1.165, 1.54) is 11.3 Å². The van der Waals surface area contributed by atoms with Crippen molar-refractivity contribution in [1.82, 2.24) is 16.0 Å². The fraction of sp³-hybridized carbons (Fsp3) is 0.600. The number of rotatable bonds is 10. The van der Waals surface area contributed by atoms with E-state index in [-0.39, 0.29) is 35.9 Å². The van der Waals surface area contributed by atoms with Gasteiger partial charge in [-0.25, -0.2) is 0 Å². The number of amides is 1. The van der Waals surface area contributed by atoms with E-state index in [0.29, 0.717) is 13.0 Å². The number of guanidine groups is 1. The van der Waals surface area contributed by atoms with Crippen molar-refractivity contribution in [2.45, 2.75) is 46.6 Å². The first kappa shape index (κ1) is 25.5. The largest absolute Gasteiger partial charge is 0.370 e. The van der Waals surface area contributed by atoms with Crippen molar-refractivity contribution in [1.29, 1.82) is 0 Å². The van der Waals surface area contributed by atoms with Crippen LogP contribution in [0.15, 0.2) is 29.3 Å². The fourth-order valence-corrected chi connectivity index (χ4v) is 2.57. The number of benzene rings is 1. The molecule has 0 aliphatic carbocycles. The predicted octanol–water partition coefficient (Wildman–Crippen LogP) is 2.91. The molecule has 1 aromatic rings. The summed E-state index contributed by atoms with van der Waals surface area (Å²) in [6.45, 7) is 11.5. The molecule has 0 aromatic heterocycles. The molecule has 27 heavy (non-hydrogen) atoms. The van der Waals surface area contributed by atoms with E-state index in [1.54, 1.807) is 7.05 Å². The molecule has 1 unspecified atom stereocenters. The van der Waals surface area contributed by atoms with E-state index in [1.807, 2.05) is 6.92 Å². The number of carbonyl (C=O) groups is 1. The van der Waals surface area contributed by atoms with Gasteiger partial charge in [0.1, 0.15) is 0 Å². The summed E-state index contributed by atoms with van der Waals surface area (Å²) in [5.41, 5.74) is 2.50. The van der Waals surface area contributed by atoms with E-state index in [2.05, 4.69) is 70.9 Å². The highest BCUT2D eigenvalue weighted by Gasteiger charge is 2.07. The van der Waals surface area contributed by atoms with Crippen molar-refractivity contribution in [2.24, 2.45) is 4.99 Å². The normalized spacial score (nSPS) is 12.0. The molecule has 0 saturated heterocycles. The van der Waals surface area contributed by atoms with Crippen LogP contribution >= 0.6 is 24.0 Å². The maximum Gasteiger partial charge on any atom is 0.221 e. The Balaban J connectivity index is 0.00000676. The number of hydrogen-bond donors (Lipinski definition) is 3. The van der Waals surface area contributed by atoms with E-state index in [0.717, 1.165) is 32.0 Å². The van der Waals surface area contributed by atoms with Gasteiger partial charge in [-0.15, -0.1) is 24.0 Å². The Bertz CT molecular complexity index is 579. The van der Waals surface area contributed by atoms with E-state index in [9.17, 15) is 4.79 Å². The Kier molecular flexibility index (Phi) is 13.7. The smallest absolute Gasteiger partial charge is 0.221 e. The van der Waals surface area contributed by atoms with Crippen LogP contribution in [0.5, 0.6) is 0 Å². The monoisotopic (exact) mass is 489 g/mol. The third-order valence-corrected chi connectivity index (χ3v) is 4.31. The number of nitrogens with zero attached hydrogens (tertiary/aromatic N) is 2. The number of hydrogen-bond acceptors (Lipinski definition) is 3. The van der Waals surface area contributed by atoms with Crippen LogP contribution in [0.25, 0.3) is 0 Å². The lowest BCUT2D eigenvalue weighted by molar-refractivity contribution is -0.121. The lowest BCUT2D eigenvalue weighted by atomic mass is 10.2. The van der Waals surface area contributed by atoms with Gasteiger partial charge < -0.3 is 20.9 Å². The molecule has 0 aliphatic heterocycles. The van der Waals surface area contributed by atoms with Gasteiger partial charge in [-0.2, -0.15) is 0 Å². The average molecular weight is 489 g/mol. The Hall–Kier alpha value is -1.51. The Morgan fingerprint density at radius 3 is 2.52 bits per heavy atom. The summed E-state index contributed by atoms with van der Waals surface area (Å²) in [5.74, 6) is 0.792. The summed E-state index contributed by atoms with van der Waals surface area (Å²) in [5, 5.41) is 9.47. The van der Waals surface area contributed by atoms with Crippen molar-refractivity contribution in [3.63, 3.8) is 0 Å². The second-order valence-electron chi connectivity index (χ2n) is 6.47. The molecule has 0 spiro atoms. The molecule has 0 fully saturated rings. The first-order chi connectivity index (χ1) is 12.5. The number of aliphatic imine (C=N–C) groups is 1. The molecule has 154 valence electrons. The van der Waals surface area contributed by atoms with Crippen LogP contribution in [0.2, 0.25) is 0 Å². The minimum Gasteiger partial charge on any atom is -0.370 e. The highest BCUT2D eigenvalue weighted by atomic mass is 127. The van der Waals surface area contributed by atoms with Crippen LogP contribution in [-0.2, 0) is 4.79 Å². The molecule has 1 rings (SSSR count). The first-order valence-electron chi connectivity index (χ1n) is 9.55. The second kappa shape index (κ2) is 14.5. The maximum atomic E-state index is 11.8. The van der Waals surface area contributed by atoms with Gasteiger partial charge in [-0.1, -0.05) is 19.1 Å². The van der Waals surface area contributed by atoms with Gasteiger partial charge >= 0.3 is 0 Å². The average Bonchev–Trinajstić information content (AvgIpc) is 2.63. The van der Waals surface area contributed by atoms with Gasteiger partial charge in [0.2, 0.25) is 5.91 Å². The molecule has 0 bridgehead atoms. The van der Waals surface area contributed by atoms with Crippen LogP contribution in [0.1, 0.15) is 39.2 Å². The molecule has 0 aliphatic rings. The molecule has 0 saturated carbocycles. The molecular formula is C20H36IN5O. The Labute approximate surface area is 181 Å². The predicted molar refractivity (Wildman–Crippen MR) is 126 cm³/mol. The van der Waals surface area contributed by atoms with Crippen LogP contribution in [0.3, 0.4) is 0 Å². The van der Waals surface area contributed by atoms with Crippen molar-refractivity contribution in [2.75, 3.05) is 38.1 Å². The van der Waals surface area contributed by atoms with Gasteiger partial charge in [-0.3, -0.25) is 9.79 Å². The molecule has 7 heteroatoms. The van der Waals surface area contributed by atoms with Gasteiger partial charge in [0, 0.05) is 51.4 Å². The Morgan fingerprint density at radius 2 is 1.93 bits per heavy atom. The maximum absolute atomic E-state index is 11.8. The summed E-state index contributed by atoms with van der Waals surface area (Å²) < 4.78 is 0. The number of anilines is 1. The zero-order chi connectivity index (χ0) is 19.4. The lowest BCUT2D eigenvalue weighted by Gasteiger charge is -2.24. The molecule has 0 radical (unpaired) electrons. The summed E-state index contributed by atoms with van der Waals surface area (Å²) in [6, 6.07) is 8.76. The number of likely N-dealkylation sites (N-methyl/N-ethyl adjacent to an activating group) is 1. The summed E-state index contributed by atoms with van der Waals surface area (Å²) in [7, 11) is 1.74. The Morgan fingerprint density at radius 1 is 1.22 bits per heavy atom. The standard InChI is InChI=1S/C20H35N5O.HI/c1-6-17(4)24-19(26)11-12-22-20(21-5)23-13-14-25(7-2)18-10-8-9-16(3)15-18;/h8-10,15,17H,6-7,11-14H2,1-5H3,(H,24,26)(H2,21,22,23);1H. The minimum atomic E-state index is 0. The zero-order valence-corrected chi connectivity index (χ0v) is 19.7. The molecule has 0 heterocycles. The molecule has 1 amide bonds. The highest BCUT2D eigenvalue weighted by Crippen LogP contribution is 2.14. The van der Waals surface area contributed by atoms with Crippen LogP contribution in [0.4, 0.5) is 5.69 Å². The van der Waals surface area contributed by atoms with Crippen molar-refractivity contribution in [3.8, 4) is 0 Å². The number of carbonyl (C=O) groups excluding carboxylic acids is 1. The van der Waals surface area contributed by atoms with Gasteiger partial charge in [0.05, 0.1) is 0 Å². The molecule has 1 aromatic carbocycles. The van der Waals surface area contributed by atoms with Gasteiger partial charge in [0.25, 0.3) is 0 Å². The molecule has 3 N–H and O–H groups in total. The van der Waals surface area contributed by atoms with E-state index < -0.39 is 0 Å². The van der Waals surface area contributed by atoms with Gasteiger partial charge in [-0.05, 0) is 44.9 Å². The van der Waals surface area contributed by atoms with Crippen molar-refractivity contribution < 1.29 is 4.79 Å². The SMILES string of the molecule is CCC(C)NC(=O)CCNC(=NC)NCCN(CC)c1cccc(C)c1.I. The van der Waals surface area contributed by atoms with E-state index >= 15 is 0 Å². The quantitative estimate of drug-likeness (QED) is 0.269.